The maximum Gasteiger partial charge on any atom is 0.271 e. The summed E-state index contributed by atoms with van der Waals surface area (Å²) in [5.41, 5.74) is 7.80. The Morgan fingerprint density at radius 3 is 2.36 bits per heavy atom. The molecule has 1 heterocycles. The number of aromatic nitrogens is 3. The number of aromatic amines is 1. The van der Waals surface area contributed by atoms with Crippen LogP contribution in [0.5, 0.6) is 5.75 Å². The third-order valence-electron chi connectivity index (χ3n) is 6.68. The first kappa shape index (κ1) is 14.9. The second-order valence-corrected chi connectivity index (χ2v) is 8.31. The van der Waals surface area contributed by atoms with Gasteiger partial charge in [-0.05, 0) is 79.4 Å². The number of benzene rings is 1. The fraction of sp³-hybridized carbons (Fsp3) is 0.526. The standard InChI is InChI=1S/C19H22N4O2/c20-18(25)17-16(21-23-22-17)14-6-13(1-2-15(14)24)19-7-10-3-11(8-19)5-12(4-10)9-19/h1-2,6,10-12,24H,3-5,7-9H2,(H2,20,25)(H,21,22,23). The number of primary amides is 1. The number of phenolic OH excluding ortho intramolecular Hbond substituents is 1. The summed E-state index contributed by atoms with van der Waals surface area (Å²) in [6, 6.07) is 5.78. The zero-order valence-corrected chi connectivity index (χ0v) is 14.0. The maximum atomic E-state index is 11.6. The highest BCUT2D eigenvalue weighted by atomic mass is 16.3. The van der Waals surface area contributed by atoms with Gasteiger partial charge in [-0.1, -0.05) is 6.07 Å². The molecule has 1 aromatic carbocycles. The van der Waals surface area contributed by atoms with E-state index in [4.69, 9.17) is 5.73 Å². The first-order chi connectivity index (χ1) is 12.0. The number of carbonyl (C=O) groups excluding carboxylic acids is 1. The van der Waals surface area contributed by atoms with E-state index in [-0.39, 0.29) is 16.9 Å². The third-order valence-corrected chi connectivity index (χ3v) is 6.68. The third kappa shape index (κ3) is 2.19. The molecule has 0 aliphatic heterocycles. The molecule has 1 amide bonds. The molecule has 6 nitrogen and oxygen atoms in total. The SMILES string of the molecule is NC(=O)c1n[nH]nc1-c1cc(C23CC4CC(CC(C4)C2)C3)ccc1O. The second kappa shape index (κ2) is 5.07. The predicted molar refractivity (Wildman–Crippen MR) is 91.9 cm³/mol. The van der Waals surface area contributed by atoms with Gasteiger partial charge in [0.1, 0.15) is 11.4 Å². The number of phenols is 1. The minimum atomic E-state index is -0.650. The Labute approximate surface area is 145 Å². The van der Waals surface area contributed by atoms with Crippen LogP contribution in [0.4, 0.5) is 0 Å². The van der Waals surface area contributed by atoms with Gasteiger partial charge in [-0.25, -0.2) is 0 Å². The van der Waals surface area contributed by atoms with Crippen LogP contribution in [0.1, 0.15) is 54.6 Å². The van der Waals surface area contributed by atoms with Crippen LogP contribution in [-0.2, 0) is 5.41 Å². The average molecular weight is 338 g/mol. The number of aromatic hydroxyl groups is 1. The minimum Gasteiger partial charge on any atom is -0.507 e. The number of nitrogens with two attached hydrogens (primary N) is 1. The van der Waals surface area contributed by atoms with Gasteiger partial charge in [-0.3, -0.25) is 4.79 Å². The van der Waals surface area contributed by atoms with E-state index in [0.717, 1.165) is 17.8 Å². The van der Waals surface area contributed by atoms with Gasteiger partial charge in [0.25, 0.3) is 5.91 Å². The second-order valence-electron chi connectivity index (χ2n) is 8.31. The number of amides is 1. The van der Waals surface area contributed by atoms with Crippen molar-refractivity contribution in [3.63, 3.8) is 0 Å². The summed E-state index contributed by atoms with van der Waals surface area (Å²) in [6.07, 6.45) is 7.89. The fourth-order valence-electron chi connectivity index (χ4n) is 6.11. The molecule has 1 aromatic heterocycles. The number of hydrogen-bond acceptors (Lipinski definition) is 4. The Kier molecular flexibility index (Phi) is 3.03. The molecule has 130 valence electrons. The number of nitrogens with zero attached hydrogens (tertiary/aromatic N) is 2. The monoisotopic (exact) mass is 338 g/mol. The van der Waals surface area contributed by atoms with E-state index < -0.39 is 5.91 Å². The molecule has 6 heteroatoms. The van der Waals surface area contributed by atoms with E-state index in [0.29, 0.717) is 11.3 Å². The van der Waals surface area contributed by atoms with Crippen LogP contribution in [-0.4, -0.2) is 26.4 Å². The number of H-pyrrole nitrogens is 1. The highest BCUT2D eigenvalue weighted by Crippen LogP contribution is 2.61. The molecule has 0 saturated heterocycles. The van der Waals surface area contributed by atoms with Crippen LogP contribution in [0.15, 0.2) is 18.2 Å². The molecule has 0 unspecified atom stereocenters. The van der Waals surface area contributed by atoms with Crippen LogP contribution in [0.3, 0.4) is 0 Å². The molecule has 4 fully saturated rings. The van der Waals surface area contributed by atoms with Gasteiger partial charge in [0, 0.05) is 5.56 Å². The zero-order valence-electron chi connectivity index (χ0n) is 14.0. The summed E-state index contributed by atoms with van der Waals surface area (Å²) in [5.74, 6) is 1.98. The van der Waals surface area contributed by atoms with Gasteiger partial charge < -0.3 is 10.8 Å². The number of rotatable bonds is 3. The highest BCUT2D eigenvalue weighted by Gasteiger charge is 2.51. The summed E-state index contributed by atoms with van der Waals surface area (Å²) >= 11 is 0. The Bertz CT molecular complexity index is 822. The minimum absolute atomic E-state index is 0.0676. The summed E-state index contributed by atoms with van der Waals surface area (Å²) in [5, 5.41) is 20.7. The number of hydrogen-bond donors (Lipinski definition) is 3. The van der Waals surface area contributed by atoms with Crippen molar-refractivity contribution in [2.75, 3.05) is 0 Å². The first-order valence-electron chi connectivity index (χ1n) is 9.08. The number of nitrogens with one attached hydrogen (secondary N) is 1. The lowest BCUT2D eigenvalue weighted by atomic mass is 9.48. The van der Waals surface area contributed by atoms with Gasteiger partial charge in [0.2, 0.25) is 0 Å². The summed E-state index contributed by atoms with van der Waals surface area (Å²) in [4.78, 5) is 11.6. The lowest BCUT2D eigenvalue weighted by molar-refractivity contribution is -0.00518. The quantitative estimate of drug-likeness (QED) is 0.800. The Morgan fingerprint density at radius 1 is 1.12 bits per heavy atom. The smallest absolute Gasteiger partial charge is 0.271 e. The average Bonchev–Trinajstić information content (AvgIpc) is 3.03. The van der Waals surface area contributed by atoms with Crippen LogP contribution < -0.4 is 5.73 Å². The van der Waals surface area contributed by atoms with Crippen molar-refractivity contribution in [2.24, 2.45) is 23.5 Å². The van der Waals surface area contributed by atoms with Gasteiger partial charge in [-0.15, -0.1) is 0 Å². The van der Waals surface area contributed by atoms with Gasteiger partial charge >= 0.3 is 0 Å². The Balaban J connectivity index is 1.60. The molecule has 4 aliphatic rings. The van der Waals surface area contributed by atoms with E-state index in [1.165, 1.54) is 44.1 Å². The molecule has 0 atom stereocenters. The number of carbonyl (C=O) groups is 1. The van der Waals surface area contributed by atoms with Crippen molar-refractivity contribution in [1.82, 2.24) is 15.4 Å². The largest absolute Gasteiger partial charge is 0.507 e. The molecule has 0 spiro atoms. The lowest BCUT2D eigenvalue weighted by Crippen LogP contribution is -2.48. The summed E-state index contributed by atoms with van der Waals surface area (Å²) in [6.45, 7) is 0. The first-order valence-corrected chi connectivity index (χ1v) is 9.08. The van der Waals surface area contributed by atoms with Gasteiger partial charge in [0.15, 0.2) is 5.69 Å². The van der Waals surface area contributed by atoms with Crippen molar-refractivity contribution in [1.29, 1.82) is 0 Å². The maximum absolute atomic E-state index is 11.6. The predicted octanol–water partition coefficient (Wildman–Crippen LogP) is 2.74. The van der Waals surface area contributed by atoms with E-state index in [9.17, 15) is 9.90 Å². The lowest BCUT2D eigenvalue weighted by Gasteiger charge is -2.57. The van der Waals surface area contributed by atoms with Crippen molar-refractivity contribution in [3.05, 3.63) is 29.5 Å². The van der Waals surface area contributed by atoms with Crippen molar-refractivity contribution < 1.29 is 9.90 Å². The van der Waals surface area contributed by atoms with Crippen molar-refractivity contribution in [3.8, 4) is 17.0 Å². The Hall–Kier alpha value is -2.37. The van der Waals surface area contributed by atoms with E-state index in [2.05, 4.69) is 21.5 Å². The van der Waals surface area contributed by atoms with E-state index in [1.807, 2.05) is 6.07 Å². The Morgan fingerprint density at radius 2 is 1.76 bits per heavy atom. The molecular formula is C19H22N4O2. The topological polar surface area (TPSA) is 105 Å². The van der Waals surface area contributed by atoms with Crippen LogP contribution in [0, 0.1) is 17.8 Å². The highest BCUT2D eigenvalue weighted by molar-refractivity contribution is 5.97. The molecular weight excluding hydrogens is 316 g/mol. The summed E-state index contributed by atoms with van der Waals surface area (Å²) < 4.78 is 0. The van der Waals surface area contributed by atoms with Crippen LogP contribution in [0.25, 0.3) is 11.3 Å². The van der Waals surface area contributed by atoms with Crippen molar-refractivity contribution >= 4 is 5.91 Å². The van der Waals surface area contributed by atoms with E-state index in [1.54, 1.807) is 6.07 Å². The normalized spacial score (nSPS) is 32.9. The summed E-state index contributed by atoms with van der Waals surface area (Å²) in [7, 11) is 0. The molecule has 4 aliphatic carbocycles. The van der Waals surface area contributed by atoms with Gasteiger partial charge in [0.05, 0.1) is 0 Å². The zero-order chi connectivity index (χ0) is 17.2. The molecule has 2 aromatic rings. The molecule has 4 N–H and O–H groups in total. The molecule has 0 radical (unpaired) electrons. The van der Waals surface area contributed by atoms with Crippen molar-refractivity contribution in [2.45, 2.75) is 43.9 Å². The molecule has 6 rings (SSSR count). The van der Waals surface area contributed by atoms with Crippen LogP contribution >= 0.6 is 0 Å². The molecule has 4 saturated carbocycles. The van der Waals surface area contributed by atoms with Gasteiger partial charge in [-0.2, -0.15) is 15.4 Å². The fourth-order valence-corrected chi connectivity index (χ4v) is 6.11. The van der Waals surface area contributed by atoms with Crippen LogP contribution in [0.2, 0.25) is 0 Å². The van der Waals surface area contributed by atoms with E-state index >= 15 is 0 Å². The molecule has 25 heavy (non-hydrogen) atoms. The molecule has 4 bridgehead atoms.